The Bertz CT molecular complexity index is 155. The monoisotopic (exact) mass is 186 g/mol. The van der Waals surface area contributed by atoms with Crippen LogP contribution in [0.2, 0.25) is 0 Å². The largest absolute Gasteiger partial charge is 0.467 e. The van der Waals surface area contributed by atoms with Crippen LogP contribution >= 0.6 is 0 Å². The number of ether oxygens (including phenoxy) is 2. The fraction of sp³-hybridized carbons (Fsp3) is 0.833. The minimum atomic E-state index is -4.71. The van der Waals surface area contributed by atoms with Gasteiger partial charge in [0.25, 0.3) is 6.10 Å². The number of hydrogen-bond donors (Lipinski definition) is 0. The van der Waals surface area contributed by atoms with Gasteiger partial charge in [0.1, 0.15) is 0 Å². The molecule has 72 valence electrons. The molecule has 0 saturated heterocycles. The van der Waals surface area contributed by atoms with Gasteiger partial charge in [-0.05, 0) is 6.92 Å². The predicted octanol–water partition coefficient (Wildman–Crippen LogP) is 1.13. The first-order valence-corrected chi connectivity index (χ1v) is 3.19. The molecule has 0 N–H and O–H groups in total. The third kappa shape index (κ3) is 3.08. The van der Waals surface area contributed by atoms with Crippen molar-refractivity contribution in [2.24, 2.45) is 0 Å². The first kappa shape index (κ1) is 11.2. The van der Waals surface area contributed by atoms with Crippen LogP contribution in [0.15, 0.2) is 0 Å². The number of carbonyl (C=O) groups excluding carboxylic acids is 1. The standard InChI is InChI=1S/C6H9F3O3/c1-3-12-4(5(10)11-2)6(7,8)9/h4H,3H2,1-2H3. The van der Waals surface area contributed by atoms with Crippen LogP contribution < -0.4 is 0 Å². The summed E-state index contributed by atoms with van der Waals surface area (Å²) in [5, 5.41) is 0. The van der Waals surface area contributed by atoms with Crippen molar-refractivity contribution in [2.45, 2.75) is 19.2 Å². The van der Waals surface area contributed by atoms with E-state index in [4.69, 9.17) is 0 Å². The zero-order valence-electron chi connectivity index (χ0n) is 6.64. The highest BCUT2D eigenvalue weighted by Crippen LogP contribution is 2.23. The Morgan fingerprint density at radius 3 is 2.25 bits per heavy atom. The molecule has 1 atom stereocenters. The van der Waals surface area contributed by atoms with E-state index in [1.165, 1.54) is 6.92 Å². The zero-order valence-corrected chi connectivity index (χ0v) is 6.64. The Labute approximate surface area is 67.4 Å². The van der Waals surface area contributed by atoms with Crippen molar-refractivity contribution in [3.8, 4) is 0 Å². The number of alkyl halides is 3. The third-order valence-electron chi connectivity index (χ3n) is 1.05. The first-order chi connectivity index (χ1) is 5.43. The fourth-order valence-electron chi connectivity index (χ4n) is 0.570. The maximum Gasteiger partial charge on any atom is 0.425 e. The summed E-state index contributed by atoms with van der Waals surface area (Å²) >= 11 is 0. The lowest BCUT2D eigenvalue weighted by Gasteiger charge is -2.16. The van der Waals surface area contributed by atoms with Crippen molar-refractivity contribution in [1.29, 1.82) is 0 Å². The van der Waals surface area contributed by atoms with Crippen molar-refractivity contribution >= 4 is 5.97 Å². The van der Waals surface area contributed by atoms with Crippen molar-refractivity contribution in [3.05, 3.63) is 0 Å². The van der Waals surface area contributed by atoms with Crippen LogP contribution in [0.4, 0.5) is 13.2 Å². The second-order valence-electron chi connectivity index (χ2n) is 1.90. The van der Waals surface area contributed by atoms with E-state index in [2.05, 4.69) is 9.47 Å². The zero-order chi connectivity index (χ0) is 9.78. The molecule has 0 saturated carbocycles. The molecule has 0 radical (unpaired) electrons. The van der Waals surface area contributed by atoms with Crippen LogP contribution in [-0.2, 0) is 14.3 Å². The topological polar surface area (TPSA) is 35.5 Å². The highest BCUT2D eigenvalue weighted by Gasteiger charge is 2.46. The number of carbonyl (C=O) groups is 1. The second-order valence-corrected chi connectivity index (χ2v) is 1.90. The number of halogens is 3. The van der Waals surface area contributed by atoms with Crippen LogP contribution in [0.5, 0.6) is 0 Å². The third-order valence-corrected chi connectivity index (χ3v) is 1.05. The molecule has 0 fully saturated rings. The Balaban J connectivity index is 4.33. The molecule has 0 aromatic carbocycles. The average Bonchev–Trinajstić information content (AvgIpc) is 1.96. The molecule has 0 aliphatic rings. The van der Waals surface area contributed by atoms with E-state index in [9.17, 15) is 18.0 Å². The quantitative estimate of drug-likeness (QED) is 0.619. The molecule has 0 rings (SSSR count). The number of rotatable bonds is 3. The van der Waals surface area contributed by atoms with Crippen LogP contribution in [0.25, 0.3) is 0 Å². The smallest absolute Gasteiger partial charge is 0.425 e. The SMILES string of the molecule is CCOC(C(=O)OC)C(F)(F)F. The van der Waals surface area contributed by atoms with Crippen LogP contribution in [0, 0.1) is 0 Å². The summed E-state index contributed by atoms with van der Waals surface area (Å²) in [6.45, 7) is 1.17. The Morgan fingerprint density at radius 2 is 2.00 bits per heavy atom. The van der Waals surface area contributed by atoms with Gasteiger partial charge in [-0.25, -0.2) is 4.79 Å². The van der Waals surface area contributed by atoms with Crippen molar-refractivity contribution in [2.75, 3.05) is 13.7 Å². The van der Waals surface area contributed by atoms with Gasteiger partial charge < -0.3 is 9.47 Å². The Morgan fingerprint density at radius 1 is 1.50 bits per heavy atom. The summed E-state index contributed by atoms with van der Waals surface area (Å²) in [6.07, 6.45) is -7.17. The van der Waals surface area contributed by atoms with Gasteiger partial charge in [-0.3, -0.25) is 0 Å². The van der Waals surface area contributed by atoms with Crippen molar-refractivity contribution in [1.82, 2.24) is 0 Å². The normalized spacial score (nSPS) is 14.1. The van der Waals surface area contributed by atoms with Gasteiger partial charge in [-0.15, -0.1) is 0 Å². The number of methoxy groups -OCH3 is 1. The van der Waals surface area contributed by atoms with Gasteiger partial charge in [0, 0.05) is 6.61 Å². The Kier molecular flexibility index (Phi) is 4.02. The lowest BCUT2D eigenvalue weighted by atomic mass is 10.3. The maximum atomic E-state index is 11.9. The molecule has 3 nitrogen and oxygen atoms in total. The molecule has 0 amide bonds. The first-order valence-electron chi connectivity index (χ1n) is 3.19. The van der Waals surface area contributed by atoms with Gasteiger partial charge in [-0.1, -0.05) is 0 Å². The minimum absolute atomic E-state index is 0.195. The molecule has 0 bridgehead atoms. The molecular formula is C6H9F3O3. The van der Waals surface area contributed by atoms with E-state index in [1.54, 1.807) is 0 Å². The van der Waals surface area contributed by atoms with Gasteiger partial charge in [0.2, 0.25) is 0 Å². The summed E-state index contributed by atoms with van der Waals surface area (Å²) in [5.74, 6) is -1.43. The van der Waals surface area contributed by atoms with E-state index in [0.717, 1.165) is 7.11 Å². The van der Waals surface area contributed by atoms with Crippen LogP contribution in [-0.4, -0.2) is 32.0 Å². The summed E-state index contributed by atoms with van der Waals surface area (Å²) in [4.78, 5) is 10.5. The molecular weight excluding hydrogens is 177 g/mol. The molecule has 0 aromatic rings. The summed E-state index contributed by atoms with van der Waals surface area (Å²) in [7, 11) is 0.875. The van der Waals surface area contributed by atoms with E-state index in [0.29, 0.717) is 0 Å². The van der Waals surface area contributed by atoms with Gasteiger partial charge in [0.05, 0.1) is 7.11 Å². The highest BCUT2D eigenvalue weighted by molar-refractivity contribution is 5.75. The number of hydrogen-bond acceptors (Lipinski definition) is 3. The average molecular weight is 186 g/mol. The second kappa shape index (κ2) is 4.30. The molecule has 0 aromatic heterocycles. The maximum absolute atomic E-state index is 11.9. The molecule has 1 unspecified atom stereocenters. The van der Waals surface area contributed by atoms with Crippen molar-refractivity contribution in [3.63, 3.8) is 0 Å². The summed E-state index contributed by atoms with van der Waals surface area (Å²) < 4.78 is 43.8. The van der Waals surface area contributed by atoms with Gasteiger partial charge >= 0.3 is 12.1 Å². The molecule has 6 heteroatoms. The summed E-state index contributed by atoms with van der Waals surface area (Å²) in [6, 6.07) is 0. The minimum Gasteiger partial charge on any atom is -0.467 e. The van der Waals surface area contributed by atoms with Crippen LogP contribution in [0.3, 0.4) is 0 Å². The highest BCUT2D eigenvalue weighted by atomic mass is 19.4. The van der Waals surface area contributed by atoms with Crippen LogP contribution in [0.1, 0.15) is 6.92 Å². The fourth-order valence-corrected chi connectivity index (χ4v) is 0.570. The predicted molar refractivity (Wildman–Crippen MR) is 33.5 cm³/mol. The van der Waals surface area contributed by atoms with Crippen molar-refractivity contribution < 1.29 is 27.4 Å². The Hall–Kier alpha value is -0.780. The van der Waals surface area contributed by atoms with Gasteiger partial charge in [0.15, 0.2) is 0 Å². The lowest BCUT2D eigenvalue weighted by Crippen LogP contribution is -2.39. The number of esters is 1. The van der Waals surface area contributed by atoms with E-state index in [1.807, 2.05) is 0 Å². The van der Waals surface area contributed by atoms with E-state index in [-0.39, 0.29) is 6.61 Å². The summed E-state index contributed by atoms with van der Waals surface area (Å²) in [5.41, 5.74) is 0. The lowest BCUT2D eigenvalue weighted by molar-refractivity contribution is -0.227. The molecule has 0 spiro atoms. The van der Waals surface area contributed by atoms with Gasteiger partial charge in [-0.2, -0.15) is 13.2 Å². The molecule has 0 heterocycles. The molecule has 0 aliphatic heterocycles. The molecule has 12 heavy (non-hydrogen) atoms. The molecule has 0 aliphatic carbocycles. The van der Waals surface area contributed by atoms with E-state index >= 15 is 0 Å². The van der Waals surface area contributed by atoms with E-state index < -0.39 is 18.2 Å².